The number of aromatic nitrogens is 1. The maximum absolute atomic E-state index is 6.02. The van der Waals surface area contributed by atoms with Gasteiger partial charge in [-0.2, -0.15) is 0 Å². The van der Waals surface area contributed by atoms with Crippen LogP contribution in [-0.2, 0) is 6.54 Å². The molecule has 0 saturated carbocycles. The average Bonchev–Trinajstić information content (AvgIpc) is 2.75. The normalized spacial score (nSPS) is 10.4. The second-order valence-electron chi connectivity index (χ2n) is 6.18. The van der Waals surface area contributed by atoms with E-state index in [1.165, 1.54) is 5.56 Å². The van der Waals surface area contributed by atoms with Crippen LogP contribution in [0.5, 0.6) is 11.5 Å². The van der Waals surface area contributed by atoms with Gasteiger partial charge in [0.15, 0.2) is 5.75 Å². The summed E-state index contributed by atoms with van der Waals surface area (Å²) in [6, 6.07) is 32.2. The van der Waals surface area contributed by atoms with Crippen molar-refractivity contribution in [3.63, 3.8) is 0 Å². The van der Waals surface area contributed by atoms with Gasteiger partial charge < -0.3 is 10.1 Å². The molecule has 0 saturated heterocycles. The first-order valence-electron chi connectivity index (χ1n) is 8.95. The minimum Gasteiger partial charge on any atom is -0.455 e. The molecule has 0 fully saturated rings. The van der Waals surface area contributed by atoms with Crippen LogP contribution in [-0.4, -0.2) is 4.98 Å². The minimum absolute atomic E-state index is 0.704. The van der Waals surface area contributed by atoms with Crippen LogP contribution in [0.3, 0.4) is 0 Å². The van der Waals surface area contributed by atoms with Crippen molar-refractivity contribution in [3.8, 4) is 22.8 Å². The Morgan fingerprint density at radius 3 is 2.41 bits per heavy atom. The van der Waals surface area contributed by atoms with E-state index in [0.29, 0.717) is 6.54 Å². The largest absolute Gasteiger partial charge is 0.455 e. The van der Waals surface area contributed by atoms with Crippen molar-refractivity contribution in [2.24, 2.45) is 0 Å². The van der Waals surface area contributed by atoms with Gasteiger partial charge in [0.2, 0.25) is 0 Å². The van der Waals surface area contributed by atoms with Crippen LogP contribution in [0.4, 0.5) is 5.69 Å². The van der Waals surface area contributed by atoms with Crippen LogP contribution in [0.1, 0.15) is 5.56 Å². The molecule has 0 aliphatic heterocycles. The predicted octanol–water partition coefficient (Wildman–Crippen LogP) is 6.15. The standard InChI is InChI=1S/C24H20N2O/c1-2-11-21(12-3-1)27-24-15-5-4-14-23(24)26-18-19-9-8-10-20(17-19)22-13-6-7-16-25-22/h1-17,26H,18H2. The molecule has 0 atom stereocenters. The summed E-state index contributed by atoms with van der Waals surface area (Å²) >= 11 is 0. The van der Waals surface area contributed by atoms with E-state index in [4.69, 9.17) is 4.74 Å². The molecule has 1 N–H and O–H groups in total. The zero-order valence-electron chi connectivity index (χ0n) is 14.9. The molecule has 4 aromatic rings. The number of pyridine rings is 1. The summed E-state index contributed by atoms with van der Waals surface area (Å²) < 4.78 is 6.02. The van der Waals surface area contributed by atoms with E-state index in [0.717, 1.165) is 28.4 Å². The molecule has 0 aliphatic rings. The second kappa shape index (κ2) is 8.19. The van der Waals surface area contributed by atoms with Gasteiger partial charge in [-0.25, -0.2) is 0 Å². The highest BCUT2D eigenvalue weighted by molar-refractivity contribution is 5.61. The van der Waals surface area contributed by atoms with Crippen LogP contribution in [0.2, 0.25) is 0 Å². The summed E-state index contributed by atoms with van der Waals surface area (Å²) in [4.78, 5) is 4.43. The Balaban J connectivity index is 1.50. The maximum atomic E-state index is 6.02. The number of benzene rings is 3. The van der Waals surface area contributed by atoms with Gasteiger partial charge >= 0.3 is 0 Å². The molecule has 0 bridgehead atoms. The Hall–Kier alpha value is -3.59. The van der Waals surface area contributed by atoms with Crippen LogP contribution >= 0.6 is 0 Å². The van der Waals surface area contributed by atoms with E-state index in [1.54, 1.807) is 0 Å². The maximum Gasteiger partial charge on any atom is 0.150 e. The van der Waals surface area contributed by atoms with Gasteiger partial charge in [-0.05, 0) is 48.0 Å². The molecular weight excluding hydrogens is 332 g/mol. The van der Waals surface area contributed by atoms with E-state index in [9.17, 15) is 0 Å². The van der Waals surface area contributed by atoms with Crippen LogP contribution < -0.4 is 10.1 Å². The molecule has 1 aromatic heterocycles. The third-order valence-electron chi connectivity index (χ3n) is 4.23. The van der Waals surface area contributed by atoms with Crippen molar-refractivity contribution in [2.75, 3.05) is 5.32 Å². The summed E-state index contributed by atoms with van der Waals surface area (Å²) in [6.45, 7) is 0.704. The highest BCUT2D eigenvalue weighted by Gasteiger charge is 2.05. The second-order valence-corrected chi connectivity index (χ2v) is 6.18. The lowest BCUT2D eigenvalue weighted by molar-refractivity contribution is 0.484. The molecule has 0 unspecified atom stereocenters. The van der Waals surface area contributed by atoms with Crippen molar-refractivity contribution < 1.29 is 4.74 Å². The van der Waals surface area contributed by atoms with Crippen molar-refractivity contribution in [3.05, 3.63) is 109 Å². The lowest BCUT2D eigenvalue weighted by atomic mass is 10.1. The third-order valence-corrected chi connectivity index (χ3v) is 4.23. The smallest absolute Gasteiger partial charge is 0.150 e. The Kier molecular flexibility index (Phi) is 5.11. The molecule has 3 heteroatoms. The number of hydrogen-bond acceptors (Lipinski definition) is 3. The Labute approximate surface area is 159 Å². The van der Waals surface area contributed by atoms with Crippen molar-refractivity contribution in [1.82, 2.24) is 4.98 Å². The first kappa shape index (κ1) is 16.9. The third kappa shape index (κ3) is 4.33. The molecule has 0 spiro atoms. The van der Waals surface area contributed by atoms with E-state index in [2.05, 4.69) is 34.6 Å². The number of anilines is 1. The van der Waals surface area contributed by atoms with Gasteiger partial charge in [-0.15, -0.1) is 0 Å². The quantitative estimate of drug-likeness (QED) is 0.452. The monoisotopic (exact) mass is 352 g/mol. The SMILES string of the molecule is c1ccc(Oc2ccccc2NCc2cccc(-c3ccccn3)c2)cc1. The van der Waals surface area contributed by atoms with E-state index < -0.39 is 0 Å². The molecule has 0 amide bonds. The van der Waals surface area contributed by atoms with Crippen LogP contribution in [0, 0.1) is 0 Å². The minimum atomic E-state index is 0.704. The average molecular weight is 352 g/mol. The van der Waals surface area contributed by atoms with Crippen molar-refractivity contribution >= 4 is 5.69 Å². The summed E-state index contributed by atoms with van der Waals surface area (Å²) in [5.41, 5.74) is 4.24. The number of nitrogens with zero attached hydrogens (tertiary/aromatic N) is 1. The molecule has 27 heavy (non-hydrogen) atoms. The van der Waals surface area contributed by atoms with Gasteiger partial charge in [-0.1, -0.05) is 54.6 Å². The van der Waals surface area contributed by atoms with Gasteiger partial charge in [0.05, 0.1) is 11.4 Å². The first-order valence-corrected chi connectivity index (χ1v) is 8.95. The fourth-order valence-electron chi connectivity index (χ4n) is 2.89. The van der Waals surface area contributed by atoms with Crippen molar-refractivity contribution in [1.29, 1.82) is 0 Å². The zero-order valence-corrected chi connectivity index (χ0v) is 14.9. The first-order chi connectivity index (χ1) is 13.4. The zero-order chi connectivity index (χ0) is 18.3. The molecule has 0 aliphatic carbocycles. The molecule has 4 rings (SSSR count). The number of nitrogens with one attached hydrogen (secondary N) is 1. The Bertz CT molecular complexity index is 1000. The number of para-hydroxylation sites is 3. The summed E-state index contributed by atoms with van der Waals surface area (Å²) in [5.74, 6) is 1.63. The molecule has 3 aromatic carbocycles. The summed E-state index contributed by atoms with van der Waals surface area (Å²) in [5, 5.41) is 3.48. The lowest BCUT2D eigenvalue weighted by Crippen LogP contribution is -2.01. The van der Waals surface area contributed by atoms with E-state index >= 15 is 0 Å². The predicted molar refractivity (Wildman–Crippen MR) is 110 cm³/mol. The van der Waals surface area contributed by atoms with E-state index in [-0.39, 0.29) is 0 Å². The summed E-state index contributed by atoms with van der Waals surface area (Å²) in [7, 11) is 0. The molecule has 0 radical (unpaired) electrons. The Morgan fingerprint density at radius 1 is 0.741 bits per heavy atom. The highest BCUT2D eigenvalue weighted by atomic mass is 16.5. The Morgan fingerprint density at radius 2 is 1.56 bits per heavy atom. The summed E-state index contributed by atoms with van der Waals surface area (Å²) in [6.07, 6.45) is 1.82. The van der Waals surface area contributed by atoms with Gasteiger partial charge in [-0.3, -0.25) is 4.98 Å². The van der Waals surface area contributed by atoms with E-state index in [1.807, 2.05) is 79.0 Å². The van der Waals surface area contributed by atoms with Crippen molar-refractivity contribution in [2.45, 2.75) is 6.54 Å². The number of ether oxygens (including phenoxy) is 1. The molecule has 3 nitrogen and oxygen atoms in total. The lowest BCUT2D eigenvalue weighted by Gasteiger charge is -2.13. The number of rotatable bonds is 6. The fourth-order valence-corrected chi connectivity index (χ4v) is 2.89. The fraction of sp³-hybridized carbons (Fsp3) is 0.0417. The topological polar surface area (TPSA) is 34.1 Å². The highest BCUT2D eigenvalue weighted by Crippen LogP contribution is 2.29. The number of hydrogen-bond donors (Lipinski definition) is 1. The molecule has 132 valence electrons. The van der Waals surface area contributed by atoms with Gasteiger partial charge in [0.25, 0.3) is 0 Å². The van der Waals surface area contributed by atoms with Crippen LogP contribution in [0.25, 0.3) is 11.3 Å². The van der Waals surface area contributed by atoms with Gasteiger partial charge in [0.1, 0.15) is 5.75 Å². The molecular formula is C24H20N2O. The van der Waals surface area contributed by atoms with Crippen LogP contribution in [0.15, 0.2) is 103 Å². The van der Waals surface area contributed by atoms with Gasteiger partial charge in [0, 0.05) is 18.3 Å². The molecule has 1 heterocycles.